The van der Waals surface area contributed by atoms with E-state index in [9.17, 15) is 4.79 Å². The normalized spacial score (nSPS) is 13.5. The minimum Gasteiger partial charge on any atom is -0.334 e. The van der Waals surface area contributed by atoms with E-state index in [1.165, 1.54) is 18.9 Å². The van der Waals surface area contributed by atoms with Crippen molar-refractivity contribution in [3.05, 3.63) is 77.2 Å². The Morgan fingerprint density at radius 1 is 1.11 bits per heavy atom. The molecule has 2 heterocycles. The maximum Gasteiger partial charge on any atom is 0.248 e. The molecule has 0 atom stereocenters. The van der Waals surface area contributed by atoms with Gasteiger partial charge in [0.15, 0.2) is 0 Å². The molecule has 0 aliphatic carbocycles. The summed E-state index contributed by atoms with van der Waals surface area (Å²) in [4.78, 5) is 17.2. The van der Waals surface area contributed by atoms with Crippen molar-refractivity contribution in [3.8, 4) is 11.3 Å². The number of nitrogens with zero attached hydrogens (tertiary/aromatic N) is 2. The zero-order valence-corrected chi connectivity index (χ0v) is 15.6. The fraction of sp³-hybridized carbons (Fsp3) is 0.182. The number of carbonyl (C=O) groups excluding carboxylic acids is 1. The van der Waals surface area contributed by atoms with Gasteiger partial charge in [-0.05, 0) is 42.7 Å². The zero-order valence-electron chi connectivity index (χ0n) is 14.9. The van der Waals surface area contributed by atoms with E-state index < -0.39 is 0 Å². The number of anilines is 1. The van der Waals surface area contributed by atoms with Crippen molar-refractivity contribution in [1.82, 2.24) is 9.55 Å². The molecular weight excluding hydrogens is 358 g/mol. The number of para-hydroxylation sites is 1. The van der Waals surface area contributed by atoms with Crippen molar-refractivity contribution in [2.45, 2.75) is 25.8 Å². The lowest BCUT2D eigenvalue weighted by Crippen LogP contribution is -2.09. The molecule has 3 aromatic rings. The minimum atomic E-state index is -0.179. The lowest BCUT2D eigenvalue weighted by atomic mass is 10.1. The second-order valence-electron chi connectivity index (χ2n) is 6.61. The van der Waals surface area contributed by atoms with E-state index in [0.29, 0.717) is 5.02 Å². The molecule has 27 heavy (non-hydrogen) atoms. The van der Waals surface area contributed by atoms with Crippen molar-refractivity contribution in [2.75, 3.05) is 5.32 Å². The lowest BCUT2D eigenvalue weighted by Gasteiger charge is -2.11. The Labute approximate surface area is 163 Å². The van der Waals surface area contributed by atoms with Crippen LogP contribution in [0.15, 0.2) is 60.8 Å². The van der Waals surface area contributed by atoms with E-state index >= 15 is 0 Å². The number of benzene rings is 2. The number of hydrogen-bond acceptors (Lipinski definition) is 2. The number of carbonyl (C=O) groups is 1. The number of aryl methyl sites for hydroxylation is 2. The van der Waals surface area contributed by atoms with Gasteiger partial charge in [0, 0.05) is 35.8 Å². The van der Waals surface area contributed by atoms with Gasteiger partial charge in [0.25, 0.3) is 0 Å². The van der Waals surface area contributed by atoms with Crippen LogP contribution >= 0.6 is 11.6 Å². The minimum absolute atomic E-state index is 0.179. The molecule has 1 amide bonds. The molecule has 4 nitrogen and oxygen atoms in total. The summed E-state index contributed by atoms with van der Waals surface area (Å²) < 4.78 is 2.22. The van der Waals surface area contributed by atoms with Gasteiger partial charge in [0.05, 0.1) is 11.4 Å². The Morgan fingerprint density at radius 2 is 1.93 bits per heavy atom. The van der Waals surface area contributed by atoms with Gasteiger partial charge < -0.3 is 9.88 Å². The fourth-order valence-corrected chi connectivity index (χ4v) is 3.40. The first-order valence-electron chi connectivity index (χ1n) is 9.09. The largest absolute Gasteiger partial charge is 0.334 e. The Hall–Kier alpha value is -2.85. The fourth-order valence-electron chi connectivity index (χ4n) is 3.28. The quantitative estimate of drug-likeness (QED) is 0.636. The van der Waals surface area contributed by atoms with Gasteiger partial charge >= 0.3 is 0 Å². The Kier molecular flexibility index (Phi) is 5.07. The summed E-state index contributed by atoms with van der Waals surface area (Å²) in [5.41, 5.74) is 3.53. The molecule has 1 N–H and O–H groups in total. The number of imidazole rings is 1. The van der Waals surface area contributed by atoms with Crippen molar-refractivity contribution in [2.24, 2.45) is 0 Å². The van der Waals surface area contributed by atoms with E-state index in [0.717, 1.165) is 41.3 Å². The summed E-state index contributed by atoms with van der Waals surface area (Å²) in [7, 11) is 0. The van der Waals surface area contributed by atoms with Crippen LogP contribution in [0, 0.1) is 0 Å². The van der Waals surface area contributed by atoms with Crippen LogP contribution < -0.4 is 5.32 Å². The molecule has 0 saturated carbocycles. The predicted molar refractivity (Wildman–Crippen MR) is 110 cm³/mol. The van der Waals surface area contributed by atoms with Gasteiger partial charge in [-0.3, -0.25) is 4.79 Å². The molecule has 0 radical (unpaired) electrons. The third-order valence-corrected chi connectivity index (χ3v) is 4.92. The average molecular weight is 378 g/mol. The van der Waals surface area contributed by atoms with Gasteiger partial charge in [-0.2, -0.15) is 0 Å². The lowest BCUT2D eigenvalue weighted by molar-refractivity contribution is -0.111. The molecule has 136 valence electrons. The maximum atomic E-state index is 12.4. The third kappa shape index (κ3) is 4.12. The summed E-state index contributed by atoms with van der Waals surface area (Å²) in [5.74, 6) is 0.946. The van der Waals surface area contributed by atoms with Crippen molar-refractivity contribution < 1.29 is 4.79 Å². The number of amides is 1. The first-order valence-corrected chi connectivity index (χ1v) is 9.47. The molecule has 0 spiro atoms. The average Bonchev–Trinajstić information content (AvgIpc) is 3.12. The summed E-state index contributed by atoms with van der Waals surface area (Å²) >= 11 is 5.88. The summed E-state index contributed by atoms with van der Waals surface area (Å²) in [6, 6.07) is 15.1. The number of rotatable bonds is 4. The SMILES string of the molecule is O=C(/C=C/c1ccc(Cl)cc1)Nc1ccccc1-c1cn2c(n1)CCCC2. The molecule has 0 unspecified atom stereocenters. The molecule has 0 fully saturated rings. The first kappa shape index (κ1) is 17.6. The van der Waals surface area contributed by atoms with E-state index in [1.54, 1.807) is 18.2 Å². The summed E-state index contributed by atoms with van der Waals surface area (Å²) in [6.45, 7) is 1.01. The van der Waals surface area contributed by atoms with E-state index in [2.05, 4.69) is 16.1 Å². The molecule has 5 heteroatoms. The number of fused-ring (bicyclic) bond motifs is 1. The summed E-state index contributed by atoms with van der Waals surface area (Å²) in [6.07, 6.45) is 8.77. The highest BCUT2D eigenvalue weighted by molar-refractivity contribution is 6.30. The molecular formula is C22H20ClN3O. The van der Waals surface area contributed by atoms with Crippen molar-refractivity contribution in [3.63, 3.8) is 0 Å². The highest BCUT2D eigenvalue weighted by Crippen LogP contribution is 2.29. The van der Waals surface area contributed by atoms with Gasteiger partial charge in [0.2, 0.25) is 5.91 Å². The van der Waals surface area contributed by atoms with Crippen LogP contribution in [0.5, 0.6) is 0 Å². The molecule has 1 aromatic heterocycles. The van der Waals surface area contributed by atoms with Gasteiger partial charge in [0.1, 0.15) is 5.82 Å². The maximum absolute atomic E-state index is 12.4. The van der Waals surface area contributed by atoms with Gasteiger partial charge in [-0.15, -0.1) is 0 Å². The van der Waals surface area contributed by atoms with Crippen molar-refractivity contribution >= 4 is 29.3 Å². The number of halogens is 1. The van der Waals surface area contributed by atoms with Crippen LogP contribution in [0.25, 0.3) is 17.3 Å². The van der Waals surface area contributed by atoms with Crippen LogP contribution in [0.4, 0.5) is 5.69 Å². The first-order chi connectivity index (χ1) is 13.2. The van der Waals surface area contributed by atoms with E-state index in [-0.39, 0.29) is 5.91 Å². The monoisotopic (exact) mass is 377 g/mol. The Bertz CT molecular complexity index is 966. The van der Waals surface area contributed by atoms with Crippen LogP contribution in [0.1, 0.15) is 24.2 Å². The standard InChI is InChI=1S/C22H20ClN3O/c23-17-11-8-16(9-12-17)10-13-22(27)25-19-6-2-1-5-18(19)20-15-26-14-4-3-7-21(26)24-20/h1-2,5-6,8-13,15H,3-4,7,14H2,(H,25,27)/b13-10+. The molecule has 1 aliphatic heterocycles. The predicted octanol–water partition coefficient (Wildman–Crippen LogP) is 5.19. The molecule has 2 aromatic carbocycles. The topological polar surface area (TPSA) is 46.9 Å². The second-order valence-corrected chi connectivity index (χ2v) is 7.05. The molecule has 0 bridgehead atoms. The zero-order chi connectivity index (χ0) is 18.6. The van der Waals surface area contributed by atoms with Crippen LogP contribution in [-0.4, -0.2) is 15.5 Å². The van der Waals surface area contributed by atoms with Gasteiger partial charge in [-0.25, -0.2) is 4.98 Å². The van der Waals surface area contributed by atoms with Crippen LogP contribution in [-0.2, 0) is 17.8 Å². The second kappa shape index (κ2) is 7.80. The van der Waals surface area contributed by atoms with Crippen molar-refractivity contribution in [1.29, 1.82) is 0 Å². The number of nitrogens with one attached hydrogen (secondary N) is 1. The number of aromatic nitrogens is 2. The summed E-state index contributed by atoms with van der Waals surface area (Å²) in [5, 5.41) is 3.64. The Balaban J connectivity index is 1.53. The van der Waals surface area contributed by atoms with Crippen LogP contribution in [0.2, 0.25) is 5.02 Å². The van der Waals surface area contributed by atoms with E-state index in [1.807, 2.05) is 36.4 Å². The number of hydrogen-bond donors (Lipinski definition) is 1. The Morgan fingerprint density at radius 3 is 2.74 bits per heavy atom. The highest BCUT2D eigenvalue weighted by Gasteiger charge is 2.15. The van der Waals surface area contributed by atoms with Gasteiger partial charge in [-0.1, -0.05) is 41.9 Å². The molecule has 4 rings (SSSR count). The highest BCUT2D eigenvalue weighted by atomic mass is 35.5. The third-order valence-electron chi connectivity index (χ3n) is 4.67. The smallest absolute Gasteiger partial charge is 0.248 e. The molecule has 1 aliphatic rings. The molecule has 0 saturated heterocycles. The van der Waals surface area contributed by atoms with E-state index in [4.69, 9.17) is 16.6 Å². The van der Waals surface area contributed by atoms with Crippen LogP contribution in [0.3, 0.4) is 0 Å².